The second-order valence-corrected chi connectivity index (χ2v) is 10.2. The van der Waals surface area contributed by atoms with Gasteiger partial charge in [-0.25, -0.2) is 14.8 Å². The van der Waals surface area contributed by atoms with Crippen LogP contribution in [0.4, 0.5) is 16.6 Å². The Hall–Kier alpha value is -3.42. The van der Waals surface area contributed by atoms with Crippen LogP contribution < -0.4 is 10.2 Å². The largest absolute Gasteiger partial charge is 0.343 e. The predicted molar refractivity (Wildman–Crippen MR) is 133 cm³/mol. The van der Waals surface area contributed by atoms with Crippen molar-refractivity contribution in [1.29, 1.82) is 0 Å². The summed E-state index contributed by atoms with van der Waals surface area (Å²) in [6, 6.07) is 10.5. The molecule has 1 saturated heterocycles. The van der Waals surface area contributed by atoms with Crippen LogP contribution in [0.25, 0.3) is 5.69 Å². The molecule has 2 aliphatic rings. The molecule has 1 atom stereocenters. The first-order chi connectivity index (χ1) is 16.3. The number of likely N-dealkylation sites (N-methyl/N-ethyl adjacent to an activating group) is 1. The summed E-state index contributed by atoms with van der Waals surface area (Å²) in [6.45, 7) is 9.37. The van der Waals surface area contributed by atoms with Crippen molar-refractivity contribution in [3.05, 3.63) is 60.3 Å². The van der Waals surface area contributed by atoms with Gasteiger partial charge in [-0.05, 0) is 48.4 Å². The van der Waals surface area contributed by atoms with Gasteiger partial charge >= 0.3 is 6.03 Å². The van der Waals surface area contributed by atoms with Gasteiger partial charge in [-0.3, -0.25) is 4.90 Å². The molecule has 34 heavy (non-hydrogen) atoms. The lowest BCUT2D eigenvalue weighted by molar-refractivity contribution is 0.229. The van der Waals surface area contributed by atoms with Gasteiger partial charge in [0.05, 0.1) is 23.6 Å². The summed E-state index contributed by atoms with van der Waals surface area (Å²) >= 11 is 0. The van der Waals surface area contributed by atoms with Gasteiger partial charge in [0.25, 0.3) is 0 Å². The number of hydrogen-bond acceptors (Lipinski definition) is 5. The smallest absolute Gasteiger partial charge is 0.325 e. The molecule has 1 N–H and O–H groups in total. The lowest BCUT2D eigenvalue weighted by Crippen LogP contribution is -2.38. The number of nitrogens with one attached hydrogen (secondary N) is 1. The fraction of sp³-hybridized carbons (Fsp3) is 0.462. The lowest BCUT2D eigenvalue weighted by Gasteiger charge is -2.25. The zero-order valence-corrected chi connectivity index (χ0v) is 20.6. The highest BCUT2D eigenvalue weighted by atomic mass is 16.2. The standard InChI is InChI=1S/C26H33N7O/c1-17(2)19-7-6-8-20(13-19)32-15-22(28-16-32)26(10-11-26)30-24-27-12-9-23(29-24)33-21(18(3)4)14-31(5)25(33)34/h6-9,12-13,15-18,21H,10-11,14H2,1-5H3,(H,27,29,30)/t21-/m1/s1. The molecular weight excluding hydrogens is 426 g/mol. The van der Waals surface area contributed by atoms with Crippen molar-refractivity contribution in [3.8, 4) is 5.69 Å². The maximum Gasteiger partial charge on any atom is 0.325 e. The van der Waals surface area contributed by atoms with Gasteiger partial charge in [0.1, 0.15) is 5.82 Å². The Morgan fingerprint density at radius 3 is 2.62 bits per heavy atom. The Morgan fingerprint density at radius 2 is 1.91 bits per heavy atom. The Bertz CT molecular complexity index is 1200. The molecule has 3 aromatic rings. The molecule has 1 aromatic carbocycles. The molecule has 178 valence electrons. The van der Waals surface area contributed by atoms with Crippen LogP contribution in [0.5, 0.6) is 0 Å². The zero-order valence-electron chi connectivity index (χ0n) is 20.6. The number of benzene rings is 1. The summed E-state index contributed by atoms with van der Waals surface area (Å²) in [5.41, 5.74) is 3.12. The fourth-order valence-corrected chi connectivity index (χ4v) is 4.63. The van der Waals surface area contributed by atoms with E-state index in [1.165, 1.54) is 5.56 Å². The van der Waals surface area contributed by atoms with Gasteiger partial charge in [0.15, 0.2) is 0 Å². The molecule has 0 bridgehead atoms. The van der Waals surface area contributed by atoms with E-state index < -0.39 is 0 Å². The van der Waals surface area contributed by atoms with E-state index in [-0.39, 0.29) is 17.6 Å². The van der Waals surface area contributed by atoms with Crippen LogP contribution >= 0.6 is 0 Å². The third-order valence-electron chi connectivity index (χ3n) is 6.99. The second-order valence-electron chi connectivity index (χ2n) is 10.2. The number of hydrogen-bond donors (Lipinski definition) is 1. The first-order valence-electron chi connectivity index (χ1n) is 12.1. The summed E-state index contributed by atoms with van der Waals surface area (Å²) in [5.74, 6) is 1.96. The molecule has 1 aliphatic carbocycles. The van der Waals surface area contributed by atoms with Crippen molar-refractivity contribution in [2.45, 2.75) is 58.0 Å². The van der Waals surface area contributed by atoms with Crippen molar-refractivity contribution in [1.82, 2.24) is 24.4 Å². The second kappa shape index (κ2) is 8.42. The van der Waals surface area contributed by atoms with E-state index in [0.29, 0.717) is 30.1 Å². The van der Waals surface area contributed by atoms with Crippen molar-refractivity contribution in [2.75, 3.05) is 23.8 Å². The molecule has 1 saturated carbocycles. The van der Waals surface area contributed by atoms with Gasteiger partial charge in [0, 0.05) is 31.7 Å². The lowest BCUT2D eigenvalue weighted by atomic mass is 10.0. The predicted octanol–water partition coefficient (Wildman–Crippen LogP) is 4.78. The van der Waals surface area contributed by atoms with Gasteiger partial charge < -0.3 is 14.8 Å². The normalized spacial score (nSPS) is 19.4. The highest BCUT2D eigenvalue weighted by Crippen LogP contribution is 2.47. The molecule has 8 nitrogen and oxygen atoms in total. The number of anilines is 2. The molecular formula is C26H33N7O. The number of carbonyl (C=O) groups is 1. The van der Waals surface area contributed by atoms with Crippen LogP contribution in [0.15, 0.2) is 49.1 Å². The molecule has 0 unspecified atom stereocenters. The quantitative estimate of drug-likeness (QED) is 0.550. The van der Waals surface area contributed by atoms with E-state index in [1.807, 2.05) is 19.4 Å². The summed E-state index contributed by atoms with van der Waals surface area (Å²) in [6.07, 6.45) is 7.61. The molecule has 1 aliphatic heterocycles. The summed E-state index contributed by atoms with van der Waals surface area (Å²) in [4.78, 5) is 30.3. The van der Waals surface area contributed by atoms with Crippen LogP contribution in [0.1, 0.15) is 57.7 Å². The number of urea groups is 1. The minimum Gasteiger partial charge on any atom is -0.343 e. The van der Waals surface area contributed by atoms with Crippen LogP contribution in [-0.4, -0.2) is 50.1 Å². The SMILES string of the molecule is CC(C)c1cccc(-n2cnc(C3(Nc4nccc(N5C(=O)N(C)C[C@@H]5C(C)C)n4)CC3)c2)c1. The Morgan fingerprint density at radius 1 is 1.12 bits per heavy atom. The number of carbonyl (C=O) groups excluding carboxylic acids is 1. The van der Waals surface area contributed by atoms with Crippen LogP contribution in [0.3, 0.4) is 0 Å². The van der Waals surface area contributed by atoms with Crippen LogP contribution in [-0.2, 0) is 5.54 Å². The van der Waals surface area contributed by atoms with E-state index in [4.69, 9.17) is 9.97 Å². The third-order valence-corrected chi connectivity index (χ3v) is 6.99. The molecule has 5 rings (SSSR count). The van der Waals surface area contributed by atoms with Crippen molar-refractivity contribution in [3.63, 3.8) is 0 Å². The Labute approximate surface area is 201 Å². The van der Waals surface area contributed by atoms with Gasteiger partial charge in [0.2, 0.25) is 5.95 Å². The molecule has 2 aromatic heterocycles. The minimum absolute atomic E-state index is 0.0214. The highest BCUT2D eigenvalue weighted by molar-refractivity contribution is 5.94. The molecule has 8 heteroatoms. The maximum absolute atomic E-state index is 12.8. The average Bonchev–Trinajstić information content (AvgIpc) is 3.29. The first-order valence-corrected chi connectivity index (χ1v) is 12.1. The maximum atomic E-state index is 12.8. The van der Waals surface area contributed by atoms with E-state index in [9.17, 15) is 4.79 Å². The van der Waals surface area contributed by atoms with E-state index in [0.717, 1.165) is 24.2 Å². The van der Waals surface area contributed by atoms with Gasteiger partial charge in [-0.2, -0.15) is 4.98 Å². The fourth-order valence-electron chi connectivity index (χ4n) is 4.63. The van der Waals surface area contributed by atoms with Crippen molar-refractivity contribution < 1.29 is 4.79 Å². The van der Waals surface area contributed by atoms with Crippen molar-refractivity contribution in [2.24, 2.45) is 5.92 Å². The molecule has 0 radical (unpaired) electrons. The van der Waals surface area contributed by atoms with Crippen LogP contribution in [0.2, 0.25) is 0 Å². The zero-order chi connectivity index (χ0) is 24.0. The minimum atomic E-state index is -0.275. The number of amides is 2. The van der Waals surface area contributed by atoms with Gasteiger partial charge in [-0.15, -0.1) is 0 Å². The number of nitrogens with zero attached hydrogens (tertiary/aromatic N) is 6. The topological polar surface area (TPSA) is 79.2 Å². The number of rotatable bonds is 7. The van der Waals surface area contributed by atoms with E-state index in [1.54, 1.807) is 16.0 Å². The summed E-state index contributed by atoms with van der Waals surface area (Å²) in [5, 5.41) is 3.52. The van der Waals surface area contributed by atoms with Crippen molar-refractivity contribution >= 4 is 17.8 Å². The van der Waals surface area contributed by atoms with E-state index in [2.05, 4.69) is 73.0 Å². The molecule has 2 amide bonds. The molecule has 3 heterocycles. The molecule has 2 fully saturated rings. The van der Waals surface area contributed by atoms with E-state index >= 15 is 0 Å². The first kappa shape index (κ1) is 22.4. The summed E-state index contributed by atoms with van der Waals surface area (Å²) < 4.78 is 2.08. The third kappa shape index (κ3) is 4.02. The molecule has 0 spiro atoms. The number of imidazole rings is 1. The highest BCUT2D eigenvalue weighted by Gasteiger charge is 2.47. The summed E-state index contributed by atoms with van der Waals surface area (Å²) in [7, 11) is 1.84. The van der Waals surface area contributed by atoms with Gasteiger partial charge in [-0.1, -0.05) is 39.8 Å². The van der Waals surface area contributed by atoms with Crippen LogP contribution in [0, 0.1) is 5.92 Å². The number of aromatic nitrogens is 4. The monoisotopic (exact) mass is 459 g/mol. The average molecular weight is 460 g/mol. The Balaban J connectivity index is 1.38. The Kier molecular flexibility index (Phi) is 5.54.